The molecule has 2 aromatic carbocycles. The molecule has 5 rings (SSSR count). The summed E-state index contributed by atoms with van der Waals surface area (Å²) in [7, 11) is 0. The second-order valence-electron chi connectivity index (χ2n) is 8.62. The van der Waals surface area contributed by atoms with Gasteiger partial charge in [-0.3, -0.25) is 9.36 Å². The standard InChI is InChI=1S/C26H22ClF3N4O2S2/c27-19-11-10-17(26(28,29)30)14-20(19)31-24(35)22(16-6-2-1-3-7-16)38-25-33-32-23(21-9-5-13-37-21)34(25)15-18-8-4-12-36-18/h1-3,5-7,9-11,13-14,18,22H,4,8,12,15H2,(H,31,35)/t18-,22+/m1/s1. The van der Waals surface area contributed by atoms with Gasteiger partial charge in [-0.25, -0.2) is 0 Å². The van der Waals surface area contributed by atoms with Crippen LogP contribution in [0.3, 0.4) is 0 Å². The number of ether oxygens (including phenoxy) is 1. The lowest BCUT2D eigenvalue weighted by atomic mass is 10.1. The molecule has 3 heterocycles. The molecule has 38 heavy (non-hydrogen) atoms. The van der Waals surface area contributed by atoms with Gasteiger partial charge in [-0.05, 0) is 48.1 Å². The summed E-state index contributed by atoms with van der Waals surface area (Å²) in [6.45, 7) is 1.21. The van der Waals surface area contributed by atoms with Crippen molar-refractivity contribution in [1.82, 2.24) is 14.8 Å². The number of carbonyl (C=O) groups is 1. The number of thioether (sulfide) groups is 1. The summed E-state index contributed by atoms with van der Waals surface area (Å²) in [6.07, 6.45) is -2.70. The number of hydrogen-bond acceptors (Lipinski definition) is 6. The molecular weight excluding hydrogens is 557 g/mol. The number of amides is 1. The fraction of sp³-hybridized carbons (Fsp3) is 0.269. The Morgan fingerprint density at radius 3 is 2.68 bits per heavy atom. The molecule has 1 fully saturated rings. The minimum atomic E-state index is -4.57. The molecule has 0 bridgehead atoms. The van der Waals surface area contributed by atoms with Crippen molar-refractivity contribution >= 4 is 46.3 Å². The third kappa shape index (κ3) is 6.06. The zero-order valence-electron chi connectivity index (χ0n) is 19.8. The quantitative estimate of drug-likeness (QED) is 0.222. The molecule has 0 radical (unpaired) electrons. The molecule has 0 aliphatic carbocycles. The Labute approximate surface area is 230 Å². The Balaban J connectivity index is 1.48. The van der Waals surface area contributed by atoms with E-state index in [-0.39, 0.29) is 16.8 Å². The van der Waals surface area contributed by atoms with Gasteiger partial charge in [-0.15, -0.1) is 21.5 Å². The Hall–Kier alpha value is -2.86. The molecule has 0 unspecified atom stereocenters. The first kappa shape index (κ1) is 26.7. The van der Waals surface area contributed by atoms with Crippen molar-refractivity contribution in [3.05, 3.63) is 82.2 Å². The van der Waals surface area contributed by atoms with Crippen molar-refractivity contribution in [2.24, 2.45) is 0 Å². The molecular formula is C26H22ClF3N4O2S2. The molecule has 1 aliphatic rings. The Bertz CT molecular complexity index is 1390. The van der Waals surface area contributed by atoms with Crippen molar-refractivity contribution in [2.75, 3.05) is 11.9 Å². The predicted octanol–water partition coefficient (Wildman–Crippen LogP) is 7.33. The topological polar surface area (TPSA) is 69.0 Å². The summed E-state index contributed by atoms with van der Waals surface area (Å²) in [5.74, 6) is 0.137. The lowest BCUT2D eigenvalue weighted by Crippen LogP contribution is -2.21. The van der Waals surface area contributed by atoms with E-state index in [0.717, 1.165) is 35.9 Å². The molecule has 0 spiro atoms. The number of aromatic nitrogens is 3. The fourth-order valence-corrected chi connectivity index (χ4v) is 6.05. The largest absolute Gasteiger partial charge is 0.416 e. The Morgan fingerprint density at radius 2 is 2.00 bits per heavy atom. The highest BCUT2D eigenvalue weighted by Gasteiger charge is 2.32. The van der Waals surface area contributed by atoms with Gasteiger partial charge in [0.1, 0.15) is 5.25 Å². The number of benzene rings is 2. The number of carbonyl (C=O) groups excluding carboxylic acids is 1. The van der Waals surface area contributed by atoms with Gasteiger partial charge >= 0.3 is 6.18 Å². The zero-order valence-corrected chi connectivity index (χ0v) is 22.2. The van der Waals surface area contributed by atoms with Crippen LogP contribution >= 0.6 is 34.7 Å². The first-order valence-electron chi connectivity index (χ1n) is 11.8. The molecule has 4 aromatic rings. The summed E-state index contributed by atoms with van der Waals surface area (Å²) in [5, 5.41) is 13.0. The van der Waals surface area contributed by atoms with E-state index in [1.807, 2.05) is 28.1 Å². The monoisotopic (exact) mass is 578 g/mol. The van der Waals surface area contributed by atoms with Crippen molar-refractivity contribution < 1.29 is 22.7 Å². The van der Waals surface area contributed by atoms with Gasteiger partial charge < -0.3 is 10.1 Å². The predicted molar refractivity (Wildman–Crippen MR) is 142 cm³/mol. The molecule has 198 valence electrons. The first-order valence-corrected chi connectivity index (χ1v) is 13.9. The van der Waals surface area contributed by atoms with E-state index in [4.69, 9.17) is 16.3 Å². The van der Waals surface area contributed by atoms with E-state index in [2.05, 4.69) is 15.5 Å². The molecule has 6 nitrogen and oxygen atoms in total. The van der Waals surface area contributed by atoms with Crippen molar-refractivity contribution in [3.63, 3.8) is 0 Å². The van der Waals surface area contributed by atoms with E-state index in [9.17, 15) is 18.0 Å². The zero-order chi connectivity index (χ0) is 26.7. The molecule has 1 aliphatic heterocycles. The number of anilines is 1. The van der Waals surface area contributed by atoms with Crippen LogP contribution in [-0.2, 0) is 22.3 Å². The maximum Gasteiger partial charge on any atom is 0.416 e. The van der Waals surface area contributed by atoms with Gasteiger partial charge in [0, 0.05) is 6.61 Å². The third-order valence-corrected chi connectivity index (χ3v) is 8.41. The molecule has 1 N–H and O–H groups in total. The lowest BCUT2D eigenvalue weighted by molar-refractivity contribution is -0.137. The van der Waals surface area contributed by atoms with Crippen LogP contribution in [-0.4, -0.2) is 33.4 Å². The smallest absolute Gasteiger partial charge is 0.376 e. The van der Waals surface area contributed by atoms with Crippen LogP contribution in [0, 0.1) is 0 Å². The van der Waals surface area contributed by atoms with E-state index < -0.39 is 22.9 Å². The number of hydrogen-bond donors (Lipinski definition) is 1. The average Bonchev–Trinajstić information content (AvgIpc) is 3.67. The molecule has 0 saturated carbocycles. The fourth-order valence-electron chi connectivity index (χ4n) is 4.12. The van der Waals surface area contributed by atoms with Crippen LogP contribution < -0.4 is 5.32 Å². The first-order chi connectivity index (χ1) is 18.3. The van der Waals surface area contributed by atoms with Crippen molar-refractivity contribution in [3.8, 4) is 10.7 Å². The van der Waals surface area contributed by atoms with Crippen molar-refractivity contribution in [2.45, 2.75) is 42.1 Å². The Kier molecular flexibility index (Phi) is 8.08. The lowest BCUT2D eigenvalue weighted by Gasteiger charge is -2.19. The summed E-state index contributed by atoms with van der Waals surface area (Å²) in [4.78, 5) is 14.5. The molecule has 1 amide bonds. The van der Waals surface area contributed by atoms with Gasteiger partial charge in [0.2, 0.25) is 5.91 Å². The summed E-state index contributed by atoms with van der Waals surface area (Å²) in [6, 6.07) is 15.7. The number of nitrogens with zero attached hydrogens (tertiary/aromatic N) is 3. The van der Waals surface area contributed by atoms with E-state index in [0.29, 0.717) is 29.7 Å². The van der Waals surface area contributed by atoms with Gasteiger partial charge in [0.25, 0.3) is 0 Å². The van der Waals surface area contributed by atoms with E-state index in [1.54, 1.807) is 24.3 Å². The summed E-state index contributed by atoms with van der Waals surface area (Å²) < 4.78 is 47.7. The maximum atomic E-state index is 13.6. The van der Waals surface area contributed by atoms with Crippen LogP contribution in [0.15, 0.2) is 71.2 Å². The van der Waals surface area contributed by atoms with Gasteiger partial charge in [0.15, 0.2) is 11.0 Å². The minimum Gasteiger partial charge on any atom is -0.376 e. The SMILES string of the molecule is O=C(Nc1cc(C(F)(F)F)ccc1Cl)[C@@H](Sc1nnc(-c2cccs2)n1C[C@H]1CCCO1)c1ccccc1. The second kappa shape index (κ2) is 11.5. The summed E-state index contributed by atoms with van der Waals surface area (Å²) in [5.41, 5.74) is -0.367. The van der Waals surface area contributed by atoms with Crippen LogP contribution in [0.1, 0.15) is 29.2 Å². The van der Waals surface area contributed by atoms with Gasteiger partial charge in [-0.1, -0.05) is 59.8 Å². The third-order valence-electron chi connectivity index (χ3n) is 5.98. The van der Waals surface area contributed by atoms with Gasteiger partial charge in [0.05, 0.1) is 33.8 Å². The highest BCUT2D eigenvalue weighted by molar-refractivity contribution is 8.00. The van der Waals surface area contributed by atoms with Crippen LogP contribution in [0.25, 0.3) is 10.7 Å². The molecule has 2 aromatic heterocycles. The highest BCUT2D eigenvalue weighted by Crippen LogP contribution is 2.39. The second-order valence-corrected chi connectivity index (χ2v) is 11.0. The molecule has 1 saturated heterocycles. The summed E-state index contributed by atoms with van der Waals surface area (Å²) >= 11 is 8.86. The van der Waals surface area contributed by atoms with Crippen LogP contribution in [0.4, 0.5) is 18.9 Å². The highest BCUT2D eigenvalue weighted by atomic mass is 35.5. The van der Waals surface area contributed by atoms with E-state index in [1.165, 1.54) is 23.1 Å². The Morgan fingerprint density at radius 1 is 1.18 bits per heavy atom. The number of alkyl halides is 3. The average molecular weight is 579 g/mol. The normalized spacial score (nSPS) is 16.5. The van der Waals surface area contributed by atoms with Gasteiger partial charge in [-0.2, -0.15) is 13.2 Å². The number of halogens is 4. The van der Waals surface area contributed by atoms with Crippen LogP contribution in [0.2, 0.25) is 5.02 Å². The van der Waals surface area contributed by atoms with Crippen LogP contribution in [0.5, 0.6) is 0 Å². The van der Waals surface area contributed by atoms with E-state index >= 15 is 0 Å². The molecule has 12 heteroatoms. The van der Waals surface area contributed by atoms with Crippen molar-refractivity contribution in [1.29, 1.82) is 0 Å². The minimum absolute atomic E-state index is 0.00280. The maximum absolute atomic E-state index is 13.6. The number of nitrogens with one attached hydrogen (secondary N) is 1. The number of rotatable bonds is 8. The molecule has 2 atom stereocenters. The number of thiophene rings is 1.